The fourth-order valence-electron chi connectivity index (χ4n) is 6.97. The van der Waals surface area contributed by atoms with Crippen LogP contribution in [-0.2, 0) is 25.4 Å². The van der Waals surface area contributed by atoms with Crippen molar-refractivity contribution in [2.24, 2.45) is 0 Å². The molecular weight excluding hydrogens is 468 g/mol. The molecule has 2 aromatic rings. The van der Waals surface area contributed by atoms with Gasteiger partial charge in [-0.05, 0) is 31.4 Å². The van der Waals surface area contributed by atoms with E-state index < -0.39 is 35.8 Å². The number of phenols is 1. The molecule has 3 fully saturated rings. The highest BCUT2D eigenvalue weighted by atomic mass is 16.8. The minimum Gasteiger partial charge on any atom is -0.506 e. The quantitative estimate of drug-likeness (QED) is 0.354. The summed E-state index contributed by atoms with van der Waals surface area (Å²) in [6.45, 7) is 5.89. The van der Waals surface area contributed by atoms with Gasteiger partial charge in [-0.2, -0.15) is 0 Å². The number of hydrogen-bond acceptors (Lipinski definition) is 9. The number of benzene rings is 2. The zero-order valence-electron chi connectivity index (χ0n) is 20.2. The van der Waals surface area contributed by atoms with Crippen LogP contribution in [-0.4, -0.2) is 72.6 Å². The van der Waals surface area contributed by atoms with E-state index in [4.69, 9.17) is 28.4 Å². The predicted octanol–water partition coefficient (Wildman–Crippen LogP) is 2.64. The monoisotopic (exact) mass is 496 g/mol. The number of aliphatic hydroxyl groups excluding tert-OH is 1. The Balaban J connectivity index is 1.49. The molecule has 3 saturated heterocycles. The average Bonchev–Trinajstić information content (AvgIpc) is 3.53. The summed E-state index contributed by atoms with van der Waals surface area (Å²) in [4.78, 5) is 12.9. The number of aryl methyl sites for hydroxylation is 1. The number of ether oxygens (including phenoxy) is 6. The van der Waals surface area contributed by atoms with Crippen molar-refractivity contribution in [1.82, 2.24) is 0 Å². The molecule has 0 aromatic heterocycles. The number of epoxide rings is 1. The summed E-state index contributed by atoms with van der Waals surface area (Å²) in [6.07, 6.45) is 2.09. The Morgan fingerprint density at radius 3 is 2.81 bits per heavy atom. The van der Waals surface area contributed by atoms with Gasteiger partial charge in [-0.15, -0.1) is 6.58 Å². The van der Waals surface area contributed by atoms with Gasteiger partial charge in [-0.1, -0.05) is 6.08 Å². The Morgan fingerprint density at radius 2 is 2.11 bits per heavy atom. The zero-order chi connectivity index (χ0) is 25.0. The highest BCUT2D eigenvalue weighted by Crippen LogP contribution is 2.70. The third-order valence-corrected chi connectivity index (χ3v) is 8.57. The molecule has 9 nitrogen and oxygen atoms in total. The number of phenolic OH excluding ortho intramolecular Hbond substituents is 1. The molecule has 36 heavy (non-hydrogen) atoms. The molecule has 2 N–H and O–H groups in total. The van der Waals surface area contributed by atoms with Gasteiger partial charge >= 0.3 is 0 Å². The van der Waals surface area contributed by atoms with Crippen molar-refractivity contribution in [2.45, 2.75) is 55.4 Å². The maximum atomic E-state index is 12.9. The van der Waals surface area contributed by atoms with Gasteiger partial charge in [0, 0.05) is 22.9 Å². The van der Waals surface area contributed by atoms with Crippen molar-refractivity contribution in [3.05, 3.63) is 41.0 Å². The van der Waals surface area contributed by atoms with Gasteiger partial charge in [0.2, 0.25) is 5.79 Å². The zero-order valence-corrected chi connectivity index (χ0v) is 20.2. The topological polar surface area (TPSA) is 116 Å². The Hall–Kier alpha value is -2.69. The van der Waals surface area contributed by atoms with Crippen LogP contribution in [0.2, 0.25) is 0 Å². The van der Waals surface area contributed by atoms with Crippen LogP contribution < -0.4 is 9.47 Å². The molecule has 7 rings (SSSR count). The fraction of sp³-hybridized carbons (Fsp3) is 0.519. The van der Waals surface area contributed by atoms with Crippen molar-refractivity contribution >= 4 is 16.6 Å². The van der Waals surface area contributed by atoms with E-state index >= 15 is 0 Å². The van der Waals surface area contributed by atoms with Crippen LogP contribution in [0.5, 0.6) is 17.2 Å². The first-order valence-corrected chi connectivity index (χ1v) is 12.3. The summed E-state index contributed by atoms with van der Waals surface area (Å²) in [5.74, 6) is -0.588. The first kappa shape index (κ1) is 22.5. The van der Waals surface area contributed by atoms with Crippen molar-refractivity contribution in [1.29, 1.82) is 0 Å². The summed E-state index contributed by atoms with van der Waals surface area (Å²) in [6, 6.07) is 1.93. The molecule has 0 amide bonds. The molecule has 2 aromatic carbocycles. The van der Waals surface area contributed by atoms with Gasteiger partial charge in [0.15, 0.2) is 17.0 Å². The third-order valence-electron chi connectivity index (χ3n) is 8.57. The molecule has 1 aliphatic carbocycles. The lowest BCUT2D eigenvalue weighted by molar-refractivity contribution is -0.247. The van der Waals surface area contributed by atoms with Crippen molar-refractivity contribution in [3.8, 4) is 17.2 Å². The smallest absolute Gasteiger partial charge is 0.229 e. The van der Waals surface area contributed by atoms with E-state index in [-0.39, 0.29) is 30.3 Å². The Labute approximate surface area is 207 Å². The van der Waals surface area contributed by atoms with E-state index in [1.165, 1.54) is 0 Å². The van der Waals surface area contributed by atoms with Crippen LogP contribution in [0, 0.1) is 6.92 Å². The minimum absolute atomic E-state index is 0.0835. The van der Waals surface area contributed by atoms with E-state index in [1.807, 2.05) is 13.0 Å². The minimum atomic E-state index is -1.28. The van der Waals surface area contributed by atoms with Crippen molar-refractivity contribution in [3.63, 3.8) is 0 Å². The second kappa shape index (κ2) is 7.20. The van der Waals surface area contributed by atoms with E-state index in [1.54, 1.807) is 13.2 Å². The first-order valence-electron chi connectivity index (χ1n) is 12.3. The highest BCUT2D eigenvalue weighted by Gasteiger charge is 2.90. The number of fused-ring (bicyclic) bond motifs is 8. The van der Waals surface area contributed by atoms with Gasteiger partial charge in [-0.3, -0.25) is 4.79 Å². The molecular formula is C27H28O9. The average molecular weight is 497 g/mol. The van der Waals surface area contributed by atoms with Gasteiger partial charge in [0.1, 0.15) is 36.1 Å². The molecule has 3 unspecified atom stereocenters. The normalized spacial score (nSPS) is 35.0. The van der Waals surface area contributed by atoms with Crippen LogP contribution >= 0.6 is 0 Å². The molecule has 4 aliphatic heterocycles. The van der Waals surface area contributed by atoms with Gasteiger partial charge in [0.25, 0.3) is 0 Å². The molecule has 0 radical (unpaired) electrons. The van der Waals surface area contributed by atoms with Crippen LogP contribution in [0.25, 0.3) is 10.8 Å². The lowest BCUT2D eigenvalue weighted by Gasteiger charge is -2.48. The van der Waals surface area contributed by atoms with E-state index in [2.05, 4.69) is 6.58 Å². The molecule has 5 aliphatic rings. The van der Waals surface area contributed by atoms with Crippen LogP contribution in [0.1, 0.15) is 46.0 Å². The number of carbonyl (C=O) groups is 1. The van der Waals surface area contributed by atoms with Crippen molar-refractivity contribution in [2.75, 3.05) is 33.5 Å². The standard InChI is InChI=1S/C27H28O9/c1-4-8-32-12-27-26(11-33-26)25(10-28)24(36-27)23(35-27)17-13(2)9-15-19(22(17)34-25)20(30)18-14(21(15)31-3)6-5-7-16(18)29/h4,9,23-24,28,30H,1,5-8,10-12H2,2-3H3/t23?,24?,25-,26+,27?/m1/s1. The molecule has 190 valence electrons. The molecule has 9 heteroatoms. The Bertz CT molecular complexity index is 1350. The maximum Gasteiger partial charge on any atom is 0.229 e. The number of carbonyl (C=O) groups excluding carboxylic acids is 1. The number of methoxy groups -OCH3 is 1. The van der Waals surface area contributed by atoms with E-state index in [0.29, 0.717) is 59.3 Å². The largest absolute Gasteiger partial charge is 0.506 e. The first-order chi connectivity index (χ1) is 17.4. The number of hydrogen-bond donors (Lipinski definition) is 2. The van der Waals surface area contributed by atoms with E-state index in [0.717, 1.165) is 5.56 Å². The van der Waals surface area contributed by atoms with Gasteiger partial charge in [-0.25, -0.2) is 0 Å². The Kier molecular flexibility index (Phi) is 4.50. The van der Waals surface area contributed by atoms with Crippen LogP contribution in [0.4, 0.5) is 0 Å². The predicted molar refractivity (Wildman–Crippen MR) is 126 cm³/mol. The number of aliphatic hydroxyl groups is 1. The number of aromatic hydroxyl groups is 1. The SMILES string of the molecule is C=CCOCC12OC3c4c(C)cc5c(OC)c6c(c(O)c5c4O[C@](CO)(C3O1)[C@@]21CO1)C(=O)CCC6. The lowest BCUT2D eigenvalue weighted by atomic mass is 9.72. The fourth-order valence-corrected chi connectivity index (χ4v) is 6.97. The van der Waals surface area contributed by atoms with E-state index in [9.17, 15) is 15.0 Å². The van der Waals surface area contributed by atoms with Crippen LogP contribution in [0.15, 0.2) is 18.7 Å². The Morgan fingerprint density at radius 1 is 1.31 bits per heavy atom. The molecule has 4 heterocycles. The summed E-state index contributed by atoms with van der Waals surface area (Å²) in [5.41, 5.74) is 0.210. The summed E-state index contributed by atoms with van der Waals surface area (Å²) < 4.78 is 37.2. The lowest BCUT2D eigenvalue weighted by Crippen LogP contribution is -2.69. The summed E-state index contributed by atoms with van der Waals surface area (Å²) in [7, 11) is 1.57. The third kappa shape index (κ3) is 2.36. The maximum absolute atomic E-state index is 12.9. The second-order valence-electron chi connectivity index (χ2n) is 10.3. The summed E-state index contributed by atoms with van der Waals surface area (Å²) in [5, 5.41) is 23.3. The highest BCUT2D eigenvalue weighted by molar-refractivity contribution is 6.11. The molecule has 2 bridgehead atoms. The molecule has 5 atom stereocenters. The van der Waals surface area contributed by atoms with Crippen molar-refractivity contribution < 1.29 is 43.4 Å². The number of ketones is 1. The van der Waals surface area contributed by atoms with Gasteiger partial charge < -0.3 is 38.6 Å². The molecule has 1 spiro atoms. The molecule has 0 saturated carbocycles. The second-order valence-corrected chi connectivity index (χ2v) is 10.3. The van der Waals surface area contributed by atoms with Crippen LogP contribution in [0.3, 0.4) is 0 Å². The summed E-state index contributed by atoms with van der Waals surface area (Å²) >= 11 is 0. The number of rotatable bonds is 6. The van der Waals surface area contributed by atoms with Gasteiger partial charge in [0.05, 0.1) is 37.9 Å². The number of Topliss-reactive ketones (excluding diaryl/α,β-unsaturated/α-hetero) is 1.